The van der Waals surface area contributed by atoms with Gasteiger partial charge in [0.2, 0.25) is 0 Å². The van der Waals surface area contributed by atoms with E-state index in [1.54, 1.807) is 26.4 Å². The Morgan fingerprint density at radius 1 is 0.970 bits per heavy atom. The summed E-state index contributed by atoms with van der Waals surface area (Å²) in [5.74, 6) is 1.22. The van der Waals surface area contributed by atoms with Crippen molar-refractivity contribution < 1.29 is 23.4 Å². The molecule has 7 nitrogen and oxygen atoms in total. The van der Waals surface area contributed by atoms with Crippen LogP contribution in [0.3, 0.4) is 0 Å². The minimum Gasteiger partial charge on any atom is -0.497 e. The molecule has 4 rings (SSSR count). The molecule has 178 valence electrons. The van der Waals surface area contributed by atoms with Crippen LogP contribution in [0.25, 0.3) is 0 Å². The van der Waals surface area contributed by atoms with Crippen molar-refractivity contribution in [3.05, 3.63) is 59.4 Å². The predicted octanol–water partition coefficient (Wildman–Crippen LogP) is 2.50. The monoisotopic (exact) mass is 457 g/mol. The lowest BCUT2D eigenvalue weighted by atomic mass is 10.1. The van der Waals surface area contributed by atoms with Crippen molar-refractivity contribution in [1.29, 1.82) is 0 Å². The quantitative estimate of drug-likeness (QED) is 0.637. The summed E-state index contributed by atoms with van der Waals surface area (Å²) in [6.45, 7) is 7.04. The molecule has 0 aliphatic carbocycles. The summed E-state index contributed by atoms with van der Waals surface area (Å²) in [7, 11) is 3.33. The van der Waals surface area contributed by atoms with Crippen molar-refractivity contribution >= 4 is 5.91 Å². The summed E-state index contributed by atoms with van der Waals surface area (Å²) < 4.78 is 30.0. The Kier molecular flexibility index (Phi) is 7.80. The summed E-state index contributed by atoms with van der Waals surface area (Å²) >= 11 is 0. The van der Waals surface area contributed by atoms with Gasteiger partial charge in [-0.3, -0.25) is 14.6 Å². The average molecular weight is 458 g/mol. The van der Waals surface area contributed by atoms with E-state index >= 15 is 0 Å². The molecule has 1 unspecified atom stereocenters. The number of hydrogen-bond donors (Lipinski definition) is 0. The van der Waals surface area contributed by atoms with Gasteiger partial charge < -0.3 is 19.1 Å². The summed E-state index contributed by atoms with van der Waals surface area (Å²) in [6.07, 6.45) is 0.130. The molecule has 2 aromatic rings. The smallest absolute Gasteiger partial charge is 0.253 e. The second kappa shape index (κ2) is 11.0. The number of amides is 1. The molecule has 0 bridgehead atoms. The maximum Gasteiger partial charge on any atom is 0.253 e. The zero-order valence-electron chi connectivity index (χ0n) is 19.3. The lowest BCUT2D eigenvalue weighted by Gasteiger charge is -2.39. The molecule has 1 amide bonds. The summed E-state index contributed by atoms with van der Waals surface area (Å²) in [5.41, 5.74) is 1.69. The van der Waals surface area contributed by atoms with E-state index in [2.05, 4.69) is 9.80 Å². The van der Waals surface area contributed by atoms with Gasteiger partial charge in [0.15, 0.2) is 0 Å². The normalized spacial score (nSPS) is 20.0. The van der Waals surface area contributed by atoms with Crippen molar-refractivity contribution in [2.24, 2.45) is 0 Å². The van der Waals surface area contributed by atoms with Gasteiger partial charge in [0.25, 0.3) is 5.91 Å². The third kappa shape index (κ3) is 6.22. The molecule has 0 spiro atoms. The number of rotatable bonds is 7. The van der Waals surface area contributed by atoms with Crippen LogP contribution in [0, 0.1) is 5.82 Å². The van der Waals surface area contributed by atoms with Crippen LogP contribution in [-0.2, 0) is 11.3 Å². The van der Waals surface area contributed by atoms with Crippen LogP contribution in [0.1, 0.15) is 15.9 Å². The van der Waals surface area contributed by atoms with Gasteiger partial charge in [-0.15, -0.1) is 0 Å². The van der Waals surface area contributed by atoms with E-state index in [0.717, 1.165) is 56.3 Å². The van der Waals surface area contributed by atoms with Gasteiger partial charge in [0.05, 0.1) is 26.9 Å². The SMILES string of the molecule is COc1cc(CN2CCOC(CN3CCN(C(=O)c4ccc(F)cc4)CC3)C2)cc(OC)c1. The van der Waals surface area contributed by atoms with Gasteiger partial charge in [0.1, 0.15) is 17.3 Å². The molecular formula is C25H32FN3O4. The van der Waals surface area contributed by atoms with E-state index in [0.29, 0.717) is 25.3 Å². The molecule has 8 heteroatoms. The second-order valence-corrected chi connectivity index (χ2v) is 8.55. The third-order valence-corrected chi connectivity index (χ3v) is 6.25. The van der Waals surface area contributed by atoms with E-state index in [9.17, 15) is 9.18 Å². The Hall–Kier alpha value is -2.68. The Bertz CT molecular complexity index is 909. The van der Waals surface area contributed by atoms with Crippen molar-refractivity contribution in [3.63, 3.8) is 0 Å². The Labute approximate surface area is 194 Å². The fraction of sp³-hybridized carbons (Fsp3) is 0.480. The van der Waals surface area contributed by atoms with Crippen LogP contribution in [0.4, 0.5) is 4.39 Å². The molecule has 2 aromatic carbocycles. The zero-order chi connectivity index (χ0) is 23.2. The van der Waals surface area contributed by atoms with Crippen LogP contribution < -0.4 is 9.47 Å². The van der Waals surface area contributed by atoms with Gasteiger partial charge in [-0.05, 0) is 42.0 Å². The fourth-order valence-electron chi connectivity index (χ4n) is 4.45. The first-order valence-corrected chi connectivity index (χ1v) is 11.4. The minimum atomic E-state index is -0.330. The molecule has 2 fully saturated rings. The molecule has 2 saturated heterocycles. The van der Waals surface area contributed by atoms with E-state index < -0.39 is 0 Å². The van der Waals surface area contributed by atoms with Gasteiger partial charge in [0, 0.05) is 64.0 Å². The van der Waals surface area contributed by atoms with Crippen molar-refractivity contribution in [1.82, 2.24) is 14.7 Å². The highest BCUT2D eigenvalue weighted by Gasteiger charge is 2.27. The first kappa shape index (κ1) is 23.5. The molecule has 0 aromatic heterocycles. The standard InChI is InChI=1S/C25H32FN3O4/c1-31-22-13-19(14-23(15-22)32-2)16-28-11-12-33-24(18-28)17-27-7-9-29(10-8-27)25(30)20-3-5-21(26)6-4-20/h3-6,13-15,24H,7-12,16-18H2,1-2H3. The highest BCUT2D eigenvalue weighted by molar-refractivity contribution is 5.94. The van der Waals surface area contributed by atoms with E-state index in [4.69, 9.17) is 14.2 Å². The summed E-state index contributed by atoms with van der Waals surface area (Å²) in [4.78, 5) is 19.3. The number of carbonyl (C=O) groups excluding carboxylic acids is 1. The molecule has 33 heavy (non-hydrogen) atoms. The fourth-order valence-corrected chi connectivity index (χ4v) is 4.45. The van der Waals surface area contributed by atoms with Crippen LogP contribution in [0.5, 0.6) is 11.5 Å². The van der Waals surface area contributed by atoms with Crippen LogP contribution in [0.15, 0.2) is 42.5 Å². The highest BCUT2D eigenvalue weighted by Crippen LogP contribution is 2.24. The number of piperazine rings is 1. The Morgan fingerprint density at radius 2 is 1.64 bits per heavy atom. The molecule has 2 aliphatic rings. The summed E-state index contributed by atoms with van der Waals surface area (Å²) in [6, 6.07) is 11.7. The zero-order valence-corrected chi connectivity index (χ0v) is 19.3. The maximum absolute atomic E-state index is 13.1. The van der Waals surface area contributed by atoms with Gasteiger partial charge in [-0.1, -0.05) is 0 Å². The van der Waals surface area contributed by atoms with Gasteiger partial charge in [-0.2, -0.15) is 0 Å². The number of nitrogens with zero attached hydrogens (tertiary/aromatic N) is 3. The molecule has 2 heterocycles. The maximum atomic E-state index is 13.1. The summed E-state index contributed by atoms with van der Waals surface area (Å²) in [5, 5.41) is 0. The average Bonchev–Trinajstić information content (AvgIpc) is 2.84. The Morgan fingerprint density at radius 3 is 2.27 bits per heavy atom. The lowest BCUT2D eigenvalue weighted by Crippen LogP contribution is -2.53. The van der Waals surface area contributed by atoms with Crippen LogP contribution >= 0.6 is 0 Å². The number of morpholine rings is 1. The minimum absolute atomic E-state index is 0.0385. The number of methoxy groups -OCH3 is 2. The first-order chi connectivity index (χ1) is 16.0. The largest absolute Gasteiger partial charge is 0.497 e. The van der Waals surface area contributed by atoms with Crippen molar-refractivity contribution in [2.45, 2.75) is 12.6 Å². The van der Waals surface area contributed by atoms with Crippen molar-refractivity contribution in [2.75, 3.05) is 66.6 Å². The number of ether oxygens (including phenoxy) is 3. The van der Waals surface area contributed by atoms with Gasteiger partial charge in [-0.25, -0.2) is 4.39 Å². The van der Waals surface area contributed by atoms with E-state index in [1.165, 1.54) is 12.1 Å². The molecule has 2 aliphatic heterocycles. The number of hydrogen-bond acceptors (Lipinski definition) is 6. The molecular weight excluding hydrogens is 425 g/mol. The van der Waals surface area contributed by atoms with E-state index in [1.807, 2.05) is 23.1 Å². The molecule has 0 radical (unpaired) electrons. The Balaban J connectivity index is 1.26. The van der Waals surface area contributed by atoms with Crippen LogP contribution in [-0.4, -0.2) is 93.4 Å². The highest BCUT2D eigenvalue weighted by atomic mass is 19.1. The first-order valence-electron chi connectivity index (χ1n) is 11.4. The number of halogens is 1. The van der Waals surface area contributed by atoms with E-state index in [-0.39, 0.29) is 17.8 Å². The van der Waals surface area contributed by atoms with Gasteiger partial charge >= 0.3 is 0 Å². The second-order valence-electron chi connectivity index (χ2n) is 8.55. The molecule has 1 atom stereocenters. The van der Waals surface area contributed by atoms with Crippen LogP contribution in [0.2, 0.25) is 0 Å². The lowest BCUT2D eigenvalue weighted by molar-refractivity contribution is -0.0497. The third-order valence-electron chi connectivity index (χ3n) is 6.25. The predicted molar refractivity (Wildman–Crippen MR) is 123 cm³/mol. The topological polar surface area (TPSA) is 54.5 Å². The molecule has 0 saturated carbocycles. The molecule has 0 N–H and O–H groups in total. The van der Waals surface area contributed by atoms with Crippen molar-refractivity contribution in [3.8, 4) is 11.5 Å². The number of benzene rings is 2. The number of carbonyl (C=O) groups is 1.